The topological polar surface area (TPSA) is 35.2 Å². The van der Waals surface area contributed by atoms with Gasteiger partial charge in [-0.1, -0.05) is 24.3 Å². The van der Waals surface area contributed by atoms with E-state index in [1.54, 1.807) is 7.11 Å². The Kier molecular flexibility index (Phi) is 2.10. The lowest BCUT2D eigenvalue weighted by atomic mass is 10.00. The summed E-state index contributed by atoms with van der Waals surface area (Å²) in [5.41, 5.74) is 8.58. The third-order valence-electron chi connectivity index (χ3n) is 2.64. The molecule has 0 unspecified atom stereocenters. The fourth-order valence-corrected chi connectivity index (χ4v) is 1.69. The van der Waals surface area contributed by atoms with Crippen molar-refractivity contribution < 1.29 is 4.74 Å². The number of rotatable bonds is 3. The normalized spacial score (nSPS) is 18.6. The molecular weight excluding hydrogens is 162 g/mol. The van der Waals surface area contributed by atoms with Crippen molar-refractivity contribution in [2.45, 2.75) is 25.0 Å². The van der Waals surface area contributed by atoms with Crippen molar-refractivity contribution in [2.75, 3.05) is 7.11 Å². The van der Waals surface area contributed by atoms with Gasteiger partial charge in [-0.2, -0.15) is 0 Å². The van der Waals surface area contributed by atoms with Gasteiger partial charge in [-0.25, -0.2) is 0 Å². The van der Waals surface area contributed by atoms with Gasteiger partial charge in [-0.15, -0.1) is 0 Å². The molecule has 2 nitrogen and oxygen atoms in total. The number of hydrogen-bond acceptors (Lipinski definition) is 2. The summed E-state index contributed by atoms with van der Waals surface area (Å²) < 4.78 is 5.14. The second-order valence-corrected chi connectivity index (χ2v) is 3.75. The predicted octanol–water partition coefficient (Wildman–Crippen LogP) is 1.78. The minimum absolute atomic E-state index is 0.0465. The Morgan fingerprint density at radius 2 is 2.08 bits per heavy atom. The molecule has 0 aliphatic heterocycles. The van der Waals surface area contributed by atoms with E-state index in [0.29, 0.717) is 6.61 Å². The van der Waals surface area contributed by atoms with Crippen LogP contribution in [0.3, 0.4) is 0 Å². The molecule has 2 heteroatoms. The molecular formula is C11H15NO. The van der Waals surface area contributed by atoms with E-state index in [-0.39, 0.29) is 5.54 Å². The maximum absolute atomic E-state index is 6.14. The van der Waals surface area contributed by atoms with Gasteiger partial charge in [0.15, 0.2) is 0 Å². The average Bonchev–Trinajstić information content (AvgIpc) is 2.86. The Labute approximate surface area is 78.7 Å². The molecule has 1 aromatic carbocycles. The maximum atomic E-state index is 6.14. The first-order valence-corrected chi connectivity index (χ1v) is 4.62. The molecule has 0 heterocycles. The number of hydrogen-bond donors (Lipinski definition) is 1. The molecule has 1 saturated carbocycles. The van der Waals surface area contributed by atoms with Crippen LogP contribution >= 0.6 is 0 Å². The molecule has 1 aromatic rings. The highest BCUT2D eigenvalue weighted by Gasteiger charge is 2.41. The molecule has 13 heavy (non-hydrogen) atoms. The van der Waals surface area contributed by atoms with E-state index in [4.69, 9.17) is 10.5 Å². The van der Waals surface area contributed by atoms with E-state index in [1.807, 2.05) is 12.1 Å². The fourth-order valence-electron chi connectivity index (χ4n) is 1.69. The van der Waals surface area contributed by atoms with Gasteiger partial charge in [0, 0.05) is 12.6 Å². The van der Waals surface area contributed by atoms with Crippen LogP contribution in [0.1, 0.15) is 24.0 Å². The van der Waals surface area contributed by atoms with Crippen LogP contribution in [0.25, 0.3) is 0 Å². The van der Waals surface area contributed by atoms with E-state index in [2.05, 4.69) is 12.1 Å². The van der Waals surface area contributed by atoms with E-state index in [9.17, 15) is 0 Å². The highest BCUT2D eigenvalue weighted by molar-refractivity contribution is 5.36. The minimum atomic E-state index is -0.0465. The monoisotopic (exact) mass is 177 g/mol. The van der Waals surface area contributed by atoms with Gasteiger partial charge in [0.2, 0.25) is 0 Å². The van der Waals surface area contributed by atoms with Crippen LogP contribution in [0.4, 0.5) is 0 Å². The predicted molar refractivity (Wildman–Crippen MR) is 52.3 cm³/mol. The van der Waals surface area contributed by atoms with Crippen molar-refractivity contribution >= 4 is 0 Å². The van der Waals surface area contributed by atoms with Crippen LogP contribution in [-0.2, 0) is 16.9 Å². The van der Waals surface area contributed by atoms with E-state index < -0.39 is 0 Å². The average molecular weight is 177 g/mol. The third-order valence-corrected chi connectivity index (χ3v) is 2.64. The lowest BCUT2D eigenvalue weighted by Crippen LogP contribution is -2.20. The molecule has 0 aromatic heterocycles. The summed E-state index contributed by atoms with van der Waals surface area (Å²) in [5, 5.41) is 0. The van der Waals surface area contributed by atoms with Gasteiger partial charge in [-0.3, -0.25) is 0 Å². The molecule has 2 rings (SSSR count). The Hall–Kier alpha value is -0.860. The lowest BCUT2D eigenvalue weighted by Gasteiger charge is -2.14. The smallest absolute Gasteiger partial charge is 0.0716 e. The molecule has 2 N–H and O–H groups in total. The molecule has 0 saturated heterocycles. The second-order valence-electron chi connectivity index (χ2n) is 3.75. The van der Waals surface area contributed by atoms with Crippen molar-refractivity contribution in [1.82, 2.24) is 0 Å². The van der Waals surface area contributed by atoms with E-state index in [1.165, 1.54) is 11.1 Å². The van der Waals surface area contributed by atoms with Crippen molar-refractivity contribution in [3.8, 4) is 0 Å². The molecule has 70 valence electrons. The highest BCUT2D eigenvalue weighted by atomic mass is 16.5. The van der Waals surface area contributed by atoms with Crippen LogP contribution in [0, 0.1) is 0 Å². The largest absolute Gasteiger partial charge is 0.380 e. The summed E-state index contributed by atoms with van der Waals surface area (Å²) in [6.07, 6.45) is 2.21. The molecule has 1 aliphatic carbocycles. The number of ether oxygens (including phenoxy) is 1. The van der Waals surface area contributed by atoms with Gasteiger partial charge in [0.25, 0.3) is 0 Å². The summed E-state index contributed by atoms with van der Waals surface area (Å²) >= 11 is 0. The number of methoxy groups -OCH3 is 1. The summed E-state index contributed by atoms with van der Waals surface area (Å²) in [4.78, 5) is 0. The second kappa shape index (κ2) is 3.13. The van der Waals surface area contributed by atoms with Gasteiger partial charge >= 0.3 is 0 Å². The molecule has 1 fully saturated rings. The molecule has 1 aliphatic rings. The van der Waals surface area contributed by atoms with Gasteiger partial charge < -0.3 is 10.5 Å². The van der Waals surface area contributed by atoms with Crippen LogP contribution in [0.2, 0.25) is 0 Å². The zero-order valence-electron chi connectivity index (χ0n) is 7.92. The van der Waals surface area contributed by atoms with E-state index in [0.717, 1.165) is 12.8 Å². The van der Waals surface area contributed by atoms with Gasteiger partial charge in [0.1, 0.15) is 0 Å². The molecule has 0 bridgehead atoms. The van der Waals surface area contributed by atoms with Crippen molar-refractivity contribution in [1.29, 1.82) is 0 Å². The Morgan fingerprint density at radius 1 is 1.38 bits per heavy atom. The van der Waals surface area contributed by atoms with E-state index >= 15 is 0 Å². The summed E-state index contributed by atoms with van der Waals surface area (Å²) in [5.74, 6) is 0. The zero-order chi connectivity index (χ0) is 9.31. The SMILES string of the molecule is COCc1ccccc1C1(N)CC1. The highest BCUT2D eigenvalue weighted by Crippen LogP contribution is 2.44. The lowest BCUT2D eigenvalue weighted by molar-refractivity contribution is 0.183. The Morgan fingerprint density at radius 3 is 2.69 bits per heavy atom. The first-order valence-electron chi connectivity index (χ1n) is 4.62. The standard InChI is InChI=1S/C11H15NO/c1-13-8-9-4-2-3-5-10(9)11(12)6-7-11/h2-5H,6-8,12H2,1H3. The van der Waals surface area contributed by atoms with Crippen molar-refractivity contribution in [3.63, 3.8) is 0 Å². The first kappa shape index (κ1) is 8.73. The summed E-state index contributed by atoms with van der Waals surface area (Å²) in [7, 11) is 1.72. The van der Waals surface area contributed by atoms with Gasteiger partial charge in [-0.05, 0) is 24.0 Å². The fraction of sp³-hybridized carbons (Fsp3) is 0.455. The molecule has 0 spiro atoms. The quantitative estimate of drug-likeness (QED) is 0.763. The maximum Gasteiger partial charge on any atom is 0.0716 e. The van der Waals surface area contributed by atoms with Crippen LogP contribution in [-0.4, -0.2) is 7.11 Å². The van der Waals surface area contributed by atoms with Crippen molar-refractivity contribution in [3.05, 3.63) is 35.4 Å². The van der Waals surface area contributed by atoms with Gasteiger partial charge in [0.05, 0.1) is 6.61 Å². The number of nitrogens with two attached hydrogens (primary N) is 1. The third kappa shape index (κ3) is 1.60. The zero-order valence-corrected chi connectivity index (χ0v) is 7.92. The Bertz CT molecular complexity index is 305. The Balaban J connectivity index is 2.32. The van der Waals surface area contributed by atoms with Crippen LogP contribution in [0.5, 0.6) is 0 Å². The van der Waals surface area contributed by atoms with Crippen LogP contribution < -0.4 is 5.73 Å². The minimum Gasteiger partial charge on any atom is -0.380 e. The first-order chi connectivity index (χ1) is 6.26. The summed E-state index contributed by atoms with van der Waals surface area (Å²) in [6, 6.07) is 8.28. The van der Waals surface area contributed by atoms with Crippen molar-refractivity contribution in [2.24, 2.45) is 5.73 Å². The molecule has 0 radical (unpaired) electrons. The molecule has 0 amide bonds. The number of benzene rings is 1. The summed E-state index contributed by atoms with van der Waals surface area (Å²) in [6.45, 7) is 0.662. The molecule has 0 atom stereocenters. The van der Waals surface area contributed by atoms with Crippen LogP contribution in [0.15, 0.2) is 24.3 Å².